The lowest BCUT2D eigenvalue weighted by molar-refractivity contribution is -0.127. The molecule has 5 aromatic rings. The van der Waals surface area contributed by atoms with Crippen LogP contribution in [0.25, 0.3) is 28.0 Å². The average Bonchev–Trinajstić information content (AvgIpc) is 3.73. The first kappa shape index (κ1) is 24.4. The molecule has 2 aromatic carbocycles. The number of hydrogen-bond donors (Lipinski definition) is 2. The highest BCUT2D eigenvalue weighted by atomic mass is 32.1. The third-order valence-electron chi connectivity index (χ3n) is 6.82. The highest BCUT2D eigenvalue weighted by Crippen LogP contribution is 2.36. The van der Waals surface area contributed by atoms with Crippen LogP contribution in [-0.4, -0.2) is 47.2 Å². The van der Waals surface area contributed by atoms with Crippen molar-refractivity contribution in [2.75, 3.05) is 17.6 Å². The predicted molar refractivity (Wildman–Crippen MR) is 150 cm³/mol. The van der Waals surface area contributed by atoms with Gasteiger partial charge in [-0.25, -0.2) is 9.97 Å². The number of nitrogens with one attached hydrogen (secondary N) is 1. The zero-order valence-electron chi connectivity index (χ0n) is 20.8. The molecule has 0 spiro atoms. The van der Waals surface area contributed by atoms with E-state index in [9.17, 15) is 9.59 Å². The molecule has 2 amide bonds. The van der Waals surface area contributed by atoms with Gasteiger partial charge in [-0.15, -0.1) is 5.10 Å². The van der Waals surface area contributed by atoms with Crippen LogP contribution >= 0.6 is 11.5 Å². The Morgan fingerprint density at radius 3 is 2.77 bits per heavy atom. The number of carbonyl (C=O) groups is 2. The molecule has 4 heterocycles. The van der Waals surface area contributed by atoms with Gasteiger partial charge >= 0.3 is 0 Å². The number of benzene rings is 2. The molecule has 0 aliphatic carbocycles. The normalized spacial score (nSPS) is 15.0. The van der Waals surface area contributed by atoms with Crippen LogP contribution in [-0.2, 0) is 4.79 Å². The summed E-state index contributed by atoms with van der Waals surface area (Å²) in [4.78, 5) is 36.7. The van der Waals surface area contributed by atoms with Crippen LogP contribution in [0.4, 0.5) is 11.5 Å². The summed E-state index contributed by atoms with van der Waals surface area (Å²) in [5.74, 6) is 0.629. The molecule has 0 unspecified atom stereocenters. The molecule has 1 aliphatic rings. The minimum atomic E-state index is -0.256. The molecule has 0 saturated carbocycles. The van der Waals surface area contributed by atoms with Crippen LogP contribution in [0.1, 0.15) is 35.1 Å². The summed E-state index contributed by atoms with van der Waals surface area (Å²) in [5.41, 5.74) is 11.1. The van der Waals surface area contributed by atoms with E-state index in [2.05, 4.69) is 26.5 Å². The standard InChI is InChI=1S/C28H24N8O2S/c1-2-23(37)35-13-4-7-22(35)27-32-24(25-26(29)30-12-14-36(25)27)18-5-3-6-19(15-18)28(38)31-20-10-8-17(9-11-20)21-16-39-34-33-21/h2-3,5-6,8-12,14-16,22H,1,4,7,13H2,(H2,29,30)(H,31,38)/t22-/m0/s1. The Morgan fingerprint density at radius 2 is 2.00 bits per heavy atom. The number of carbonyl (C=O) groups excluding carboxylic acids is 2. The Morgan fingerprint density at radius 1 is 1.15 bits per heavy atom. The quantitative estimate of drug-likeness (QED) is 0.303. The number of rotatable bonds is 6. The lowest BCUT2D eigenvalue weighted by Gasteiger charge is -2.22. The Kier molecular flexibility index (Phi) is 6.33. The Bertz CT molecular complexity index is 1690. The fraction of sp³-hybridized carbons (Fsp3) is 0.143. The molecule has 39 heavy (non-hydrogen) atoms. The van der Waals surface area contributed by atoms with Gasteiger partial charge in [0.05, 0.1) is 6.04 Å². The van der Waals surface area contributed by atoms with Gasteiger partial charge in [-0.1, -0.05) is 35.3 Å². The maximum atomic E-state index is 13.2. The first-order chi connectivity index (χ1) is 19.0. The van der Waals surface area contributed by atoms with Crippen molar-refractivity contribution in [3.63, 3.8) is 0 Å². The molecule has 1 aliphatic heterocycles. The van der Waals surface area contributed by atoms with Crippen LogP contribution in [0.3, 0.4) is 0 Å². The molecule has 1 fully saturated rings. The Labute approximate surface area is 228 Å². The zero-order chi connectivity index (χ0) is 26.9. The van der Waals surface area contributed by atoms with E-state index in [0.717, 1.165) is 29.7 Å². The van der Waals surface area contributed by atoms with Crippen molar-refractivity contribution in [2.24, 2.45) is 0 Å². The van der Waals surface area contributed by atoms with Crippen LogP contribution < -0.4 is 11.1 Å². The molecule has 194 valence electrons. The van der Waals surface area contributed by atoms with Gasteiger partial charge in [0, 0.05) is 46.7 Å². The minimum Gasteiger partial charge on any atom is -0.382 e. The number of amides is 2. The molecular weight excluding hydrogens is 512 g/mol. The monoisotopic (exact) mass is 536 g/mol. The van der Waals surface area contributed by atoms with E-state index in [1.54, 1.807) is 29.4 Å². The molecule has 1 saturated heterocycles. The molecule has 1 atom stereocenters. The summed E-state index contributed by atoms with van der Waals surface area (Å²) in [5, 5.41) is 8.88. The van der Waals surface area contributed by atoms with Crippen molar-refractivity contribution < 1.29 is 9.59 Å². The van der Waals surface area contributed by atoms with Crippen LogP contribution in [0.5, 0.6) is 0 Å². The SMILES string of the molecule is C=CC(=O)N1CCC[C@H]1c1nc(-c2cccc(C(=O)Nc3ccc(-c4csnn4)cc3)c2)c2c(N)nccn12. The first-order valence-corrected chi connectivity index (χ1v) is 13.2. The van der Waals surface area contributed by atoms with Crippen molar-refractivity contribution in [1.29, 1.82) is 0 Å². The number of nitrogen functional groups attached to an aromatic ring is 1. The third-order valence-corrected chi connectivity index (χ3v) is 7.32. The number of anilines is 2. The van der Waals surface area contributed by atoms with Gasteiger partial charge in [0.2, 0.25) is 5.91 Å². The largest absolute Gasteiger partial charge is 0.382 e. The lowest BCUT2D eigenvalue weighted by atomic mass is 10.1. The second-order valence-corrected chi connectivity index (χ2v) is 9.76. The number of likely N-dealkylation sites (tertiary alicyclic amines) is 1. The molecule has 3 N–H and O–H groups in total. The number of imidazole rings is 1. The fourth-order valence-electron chi connectivity index (χ4n) is 4.97. The van der Waals surface area contributed by atoms with Crippen LogP contribution in [0.2, 0.25) is 0 Å². The number of hydrogen-bond acceptors (Lipinski definition) is 8. The number of nitrogens with zero attached hydrogens (tertiary/aromatic N) is 6. The van der Waals surface area contributed by atoms with Crippen LogP contribution in [0.15, 0.2) is 79.0 Å². The van der Waals surface area contributed by atoms with Gasteiger partial charge in [0.15, 0.2) is 0 Å². The molecular formula is C28H24N8O2S. The van der Waals surface area contributed by atoms with Crippen molar-refractivity contribution in [1.82, 2.24) is 28.9 Å². The van der Waals surface area contributed by atoms with Crippen molar-refractivity contribution in [2.45, 2.75) is 18.9 Å². The van der Waals surface area contributed by atoms with E-state index in [1.165, 1.54) is 17.6 Å². The number of aromatic nitrogens is 5. The number of fused-ring (bicyclic) bond motifs is 1. The van der Waals surface area contributed by atoms with Gasteiger partial charge < -0.3 is 16.0 Å². The van der Waals surface area contributed by atoms with Gasteiger partial charge in [0.25, 0.3) is 5.91 Å². The summed E-state index contributed by atoms with van der Waals surface area (Å²) >= 11 is 1.29. The predicted octanol–water partition coefficient (Wildman–Crippen LogP) is 4.60. The molecule has 6 rings (SSSR count). The molecule has 10 nitrogen and oxygen atoms in total. The molecule has 0 bridgehead atoms. The fourth-order valence-corrected chi connectivity index (χ4v) is 5.43. The summed E-state index contributed by atoms with van der Waals surface area (Å²) < 4.78 is 5.78. The topological polar surface area (TPSA) is 131 Å². The lowest BCUT2D eigenvalue weighted by Crippen LogP contribution is -2.29. The summed E-state index contributed by atoms with van der Waals surface area (Å²) in [6.45, 7) is 4.28. The molecule has 11 heteroatoms. The van der Waals surface area contributed by atoms with Gasteiger partial charge in [0.1, 0.15) is 28.5 Å². The summed E-state index contributed by atoms with van der Waals surface area (Å²) in [7, 11) is 0. The van der Waals surface area contributed by atoms with Gasteiger partial charge in [-0.05, 0) is 54.7 Å². The highest BCUT2D eigenvalue weighted by Gasteiger charge is 2.33. The second-order valence-electron chi connectivity index (χ2n) is 9.15. The highest BCUT2D eigenvalue weighted by molar-refractivity contribution is 7.03. The Hall–Kier alpha value is -4.90. The second kappa shape index (κ2) is 10.1. The van der Waals surface area contributed by atoms with E-state index >= 15 is 0 Å². The van der Waals surface area contributed by atoms with E-state index in [-0.39, 0.29) is 17.9 Å². The van der Waals surface area contributed by atoms with Crippen molar-refractivity contribution in [3.05, 3.63) is 90.3 Å². The van der Waals surface area contributed by atoms with E-state index in [1.807, 2.05) is 46.2 Å². The average molecular weight is 537 g/mol. The first-order valence-electron chi connectivity index (χ1n) is 12.4. The zero-order valence-corrected chi connectivity index (χ0v) is 21.6. The maximum Gasteiger partial charge on any atom is 0.255 e. The third kappa shape index (κ3) is 4.53. The van der Waals surface area contributed by atoms with Gasteiger partial charge in [-0.3, -0.25) is 14.0 Å². The van der Waals surface area contributed by atoms with Crippen LogP contribution in [0, 0.1) is 0 Å². The van der Waals surface area contributed by atoms with E-state index < -0.39 is 0 Å². The number of nitrogens with two attached hydrogens (primary N) is 1. The van der Waals surface area contributed by atoms with E-state index in [0.29, 0.717) is 40.6 Å². The Balaban J connectivity index is 1.32. The van der Waals surface area contributed by atoms with Crippen molar-refractivity contribution >= 4 is 40.4 Å². The summed E-state index contributed by atoms with van der Waals surface area (Å²) in [6, 6.07) is 14.4. The van der Waals surface area contributed by atoms with Gasteiger partial charge in [-0.2, -0.15) is 0 Å². The smallest absolute Gasteiger partial charge is 0.255 e. The molecule has 0 radical (unpaired) electrons. The molecule has 3 aromatic heterocycles. The maximum absolute atomic E-state index is 13.2. The van der Waals surface area contributed by atoms with E-state index in [4.69, 9.17) is 10.7 Å². The minimum absolute atomic E-state index is 0.132. The van der Waals surface area contributed by atoms with Crippen molar-refractivity contribution in [3.8, 4) is 22.5 Å². The summed E-state index contributed by atoms with van der Waals surface area (Å²) in [6.07, 6.45) is 6.39.